The van der Waals surface area contributed by atoms with Crippen LogP contribution >= 0.6 is 23.2 Å². The zero-order valence-electron chi connectivity index (χ0n) is 23.0. The van der Waals surface area contributed by atoms with E-state index in [1.54, 1.807) is 33.5 Å². The average Bonchev–Trinajstić information content (AvgIpc) is 3.00. The number of rotatable bonds is 7. The van der Waals surface area contributed by atoms with Crippen molar-refractivity contribution >= 4 is 93.3 Å². The monoisotopic (exact) mass is 714 g/mol. The predicted octanol–water partition coefficient (Wildman–Crippen LogP) is 8.85. The van der Waals surface area contributed by atoms with E-state index in [2.05, 4.69) is 0 Å². The van der Waals surface area contributed by atoms with Crippen molar-refractivity contribution in [2.75, 3.05) is 21.3 Å². The Kier molecular flexibility index (Phi) is 14.6. The summed E-state index contributed by atoms with van der Waals surface area (Å²) in [5.74, 6) is 2.05. The SMILES string of the molecule is COc1cc(/C([S-])=C(/[S-])c2ccccc2Cl)ccc1C.COc1ccc(/C([S-])=C(/[S-])c2ccccc2Cl)cc1OC.[Ni]. The van der Waals surface area contributed by atoms with Gasteiger partial charge in [-0.25, -0.2) is 0 Å². The number of ether oxygens (including phenoxy) is 3. The Hall–Kier alpha value is -2.29. The number of hydrogen-bond acceptors (Lipinski definition) is 7. The molecule has 0 spiro atoms. The first-order chi connectivity index (χ1) is 19.6. The molecule has 10 heteroatoms. The third-order valence-electron chi connectivity index (χ3n) is 5.97. The van der Waals surface area contributed by atoms with Crippen molar-refractivity contribution < 1.29 is 30.7 Å². The van der Waals surface area contributed by atoms with E-state index in [0.29, 0.717) is 41.2 Å². The van der Waals surface area contributed by atoms with E-state index >= 15 is 0 Å². The van der Waals surface area contributed by atoms with Crippen molar-refractivity contribution in [1.29, 1.82) is 0 Å². The van der Waals surface area contributed by atoms with Gasteiger partial charge in [-0.2, -0.15) is 19.6 Å². The molecule has 0 aliphatic heterocycles. The molecule has 0 unspecified atom stereocenters. The first kappa shape index (κ1) is 35.9. The predicted molar refractivity (Wildman–Crippen MR) is 183 cm³/mol. The molecule has 0 aliphatic carbocycles. The quantitative estimate of drug-likeness (QED) is 0.107. The molecule has 4 aromatic rings. The smallest absolute Gasteiger partial charge is 0.161 e. The van der Waals surface area contributed by atoms with Crippen LogP contribution in [0, 0.1) is 6.92 Å². The molecule has 4 rings (SSSR count). The molecule has 0 saturated carbocycles. The number of benzene rings is 4. The van der Waals surface area contributed by atoms with Crippen LogP contribution in [0.4, 0.5) is 0 Å². The second-order valence-corrected chi connectivity index (χ2v) is 11.0. The summed E-state index contributed by atoms with van der Waals surface area (Å²) >= 11 is 34.2. The van der Waals surface area contributed by atoms with E-state index in [-0.39, 0.29) is 16.5 Å². The van der Waals surface area contributed by atoms with Crippen LogP contribution in [0.1, 0.15) is 27.8 Å². The van der Waals surface area contributed by atoms with Crippen LogP contribution in [0.15, 0.2) is 84.9 Å². The summed E-state index contributed by atoms with van der Waals surface area (Å²) in [5, 5.41) is 1.20. The van der Waals surface area contributed by atoms with Gasteiger partial charge in [0.1, 0.15) is 5.75 Å². The third kappa shape index (κ3) is 8.87. The second-order valence-electron chi connectivity index (χ2n) is 8.53. The largest absolute Gasteiger partial charge is 0.780 e. The zero-order chi connectivity index (χ0) is 30.1. The molecule has 0 fully saturated rings. The molecule has 0 saturated heterocycles. The van der Waals surface area contributed by atoms with Gasteiger partial charge >= 0.3 is 0 Å². The topological polar surface area (TPSA) is 27.7 Å². The van der Waals surface area contributed by atoms with E-state index in [9.17, 15) is 0 Å². The Bertz CT molecular complexity index is 1590. The molecule has 3 nitrogen and oxygen atoms in total. The molecule has 4 aromatic carbocycles. The van der Waals surface area contributed by atoms with Crippen LogP contribution in [-0.4, -0.2) is 21.3 Å². The van der Waals surface area contributed by atoms with E-state index in [1.807, 2.05) is 79.7 Å². The van der Waals surface area contributed by atoms with Crippen LogP contribution in [0.25, 0.3) is 19.6 Å². The fourth-order valence-electron chi connectivity index (χ4n) is 3.74. The van der Waals surface area contributed by atoms with Gasteiger partial charge in [-0.1, -0.05) is 77.8 Å². The van der Waals surface area contributed by atoms with Crippen molar-refractivity contribution in [3.05, 3.63) is 123 Å². The fourth-order valence-corrected chi connectivity index (χ4v) is 5.37. The minimum atomic E-state index is 0. The minimum Gasteiger partial charge on any atom is -0.780 e. The van der Waals surface area contributed by atoms with Gasteiger partial charge in [-0.05, 0) is 65.1 Å². The number of methoxy groups -OCH3 is 3. The normalized spacial score (nSPS) is 11.6. The summed E-state index contributed by atoms with van der Waals surface area (Å²) in [5.41, 5.74) is 4.27. The van der Waals surface area contributed by atoms with Crippen LogP contribution in [0.5, 0.6) is 17.2 Å². The maximum atomic E-state index is 6.17. The molecule has 42 heavy (non-hydrogen) atoms. The van der Waals surface area contributed by atoms with Crippen molar-refractivity contribution in [2.45, 2.75) is 6.92 Å². The number of aryl methyl sites for hydroxylation is 1. The van der Waals surface area contributed by atoms with Crippen LogP contribution in [-0.2, 0) is 67.0 Å². The van der Waals surface area contributed by atoms with Crippen molar-refractivity contribution in [3.63, 3.8) is 0 Å². The molecule has 0 aliphatic rings. The Morgan fingerprint density at radius 1 is 0.524 bits per heavy atom. The molecule has 0 aromatic heterocycles. The van der Waals surface area contributed by atoms with Gasteiger partial charge in [0.25, 0.3) is 0 Å². The summed E-state index contributed by atoms with van der Waals surface area (Å²) in [6.07, 6.45) is 0. The summed E-state index contributed by atoms with van der Waals surface area (Å²) < 4.78 is 15.8. The van der Waals surface area contributed by atoms with Crippen molar-refractivity contribution in [2.24, 2.45) is 0 Å². The van der Waals surface area contributed by atoms with Crippen LogP contribution < -0.4 is 14.2 Å². The van der Waals surface area contributed by atoms with Gasteiger partial charge in [0.2, 0.25) is 0 Å². The van der Waals surface area contributed by atoms with E-state index < -0.39 is 0 Å². The maximum absolute atomic E-state index is 6.17. The number of halogens is 2. The summed E-state index contributed by atoms with van der Waals surface area (Å²) in [6.45, 7) is 1.98. The molecule has 0 bridgehead atoms. The van der Waals surface area contributed by atoms with Gasteiger partial charge in [0.15, 0.2) is 11.5 Å². The zero-order valence-corrected chi connectivity index (χ0v) is 28.8. The summed E-state index contributed by atoms with van der Waals surface area (Å²) in [6, 6.07) is 26.1. The van der Waals surface area contributed by atoms with Gasteiger partial charge in [0, 0.05) is 26.5 Å². The van der Waals surface area contributed by atoms with Crippen molar-refractivity contribution in [3.8, 4) is 17.2 Å². The third-order valence-corrected chi connectivity index (χ3v) is 8.61. The summed E-state index contributed by atoms with van der Waals surface area (Å²) in [4.78, 5) is 2.28. The van der Waals surface area contributed by atoms with Gasteiger partial charge in [0.05, 0.1) is 21.3 Å². The molecule has 0 N–H and O–H groups in total. The molecule has 224 valence electrons. The Morgan fingerprint density at radius 2 is 0.929 bits per heavy atom. The Balaban J connectivity index is 0.000000287. The summed E-state index contributed by atoms with van der Waals surface area (Å²) in [7, 11) is 4.81. The van der Waals surface area contributed by atoms with Gasteiger partial charge in [-0.3, -0.25) is 0 Å². The average molecular weight is 716 g/mol. The van der Waals surface area contributed by atoms with Gasteiger partial charge < -0.3 is 64.7 Å². The van der Waals surface area contributed by atoms with E-state index in [4.69, 9.17) is 87.9 Å². The van der Waals surface area contributed by atoms with E-state index in [0.717, 1.165) is 33.6 Å². The molecular formula is C32H26Cl2NiO3S4-4. The molecule has 0 radical (unpaired) electrons. The Labute approximate surface area is 290 Å². The first-order valence-electron chi connectivity index (χ1n) is 12.2. The number of hydrogen-bond donors (Lipinski definition) is 0. The Morgan fingerprint density at radius 3 is 1.36 bits per heavy atom. The van der Waals surface area contributed by atoms with E-state index in [1.165, 1.54) is 0 Å². The molecule has 0 atom stereocenters. The first-order valence-corrected chi connectivity index (χ1v) is 14.6. The van der Waals surface area contributed by atoms with Gasteiger partial charge in [-0.15, -0.1) is 0 Å². The second kappa shape index (κ2) is 17.1. The van der Waals surface area contributed by atoms with Crippen LogP contribution in [0.3, 0.4) is 0 Å². The molecular weight excluding hydrogens is 690 g/mol. The molecule has 0 heterocycles. The standard InChI is InChI=1S/C16H15ClO2S2.C16H15ClOS2.Ni/c1-18-13-8-7-10(9-14(13)19-2)15(20)16(21)11-5-3-4-6-12(11)17;1-10-7-8-11(9-14(10)18-2)15(19)16(20)12-5-3-4-6-13(12)17;/h3-9,20-21H,1-2H3;3-9,19-20H,1-2H3;/p-4/b2*16-15-;. The van der Waals surface area contributed by atoms with Crippen molar-refractivity contribution in [1.82, 2.24) is 0 Å². The minimum absolute atomic E-state index is 0. The fraction of sp³-hybridized carbons (Fsp3) is 0.125. The maximum Gasteiger partial charge on any atom is 0.161 e. The van der Waals surface area contributed by atoms with Crippen LogP contribution in [0.2, 0.25) is 10.0 Å². The molecule has 0 amide bonds.